The summed E-state index contributed by atoms with van der Waals surface area (Å²) in [4.78, 5) is 22.2. The zero-order valence-corrected chi connectivity index (χ0v) is 8.87. The van der Waals surface area contributed by atoms with Gasteiger partial charge in [0.2, 0.25) is 0 Å². The molecule has 0 saturated heterocycles. The van der Waals surface area contributed by atoms with Crippen LogP contribution in [0.2, 0.25) is 0 Å². The van der Waals surface area contributed by atoms with E-state index in [0.29, 0.717) is 5.57 Å². The van der Waals surface area contributed by atoms with Crippen molar-refractivity contribution in [1.29, 1.82) is 0 Å². The van der Waals surface area contributed by atoms with Gasteiger partial charge < -0.3 is 9.53 Å². The summed E-state index contributed by atoms with van der Waals surface area (Å²) in [6.45, 7) is 5.45. The van der Waals surface area contributed by atoms with Crippen LogP contribution in [0.1, 0.15) is 33.6 Å². The average Bonchev–Trinajstić information content (AvgIpc) is 2.47. The van der Waals surface area contributed by atoms with Crippen LogP contribution in [0.4, 0.5) is 0 Å². The third-order valence-electron chi connectivity index (χ3n) is 2.04. The molecular formula is C11H16O3. The highest BCUT2D eigenvalue weighted by Crippen LogP contribution is 2.26. The number of aldehydes is 1. The van der Waals surface area contributed by atoms with Crippen LogP contribution in [-0.2, 0) is 14.3 Å². The second-order valence-electron chi connectivity index (χ2n) is 4.48. The van der Waals surface area contributed by atoms with Crippen molar-refractivity contribution >= 4 is 12.3 Å². The van der Waals surface area contributed by atoms with Crippen LogP contribution in [0.25, 0.3) is 0 Å². The van der Waals surface area contributed by atoms with E-state index >= 15 is 0 Å². The molecule has 14 heavy (non-hydrogen) atoms. The molecule has 0 N–H and O–H groups in total. The zero-order chi connectivity index (χ0) is 10.8. The summed E-state index contributed by atoms with van der Waals surface area (Å²) in [5.74, 6) is -0.614. The van der Waals surface area contributed by atoms with Crippen LogP contribution >= 0.6 is 0 Å². The van der Waals surface area contributed by atoms with Crippen LogP contribution in [0.3, 0.4) is 0 Å². The zero-order valence-electron chi connectivity index (χ0n) is 8.87. The SMILES string of the molecule is CC(C)(C)OC(=O)C1=CCCC1C=O. The van der Waals surface area contributed by atoms with E-state index in [-0.39, 0.29) is 11.9 Å². The van der Waals surface area contributed by atoms with Gasteiger partial charge in [-0.25, -0.2) is 4.79 Å². The molecule has 0 radical (unpaired) electrons. The molecule has 0 spiro atoms. The molecule has 0 aromatic heterocycles. The van der Waals surface area contributed by atoms with Gasteiger partial charge in [0.15, 0.2) is 0 Å². The Bertz CT molecular complexity index is 271. The minimum Gasteiger partial charge on any atom is -0.457 e. The molecule has 3 heteroatoms. The second-order valence-corrected chi connectivity index (χ2v) is 4.48. The molecule has 1 rings (SSSR count). The van der Waals surface area contributed by atoms with E-state index in [1.807, 2.05) is 20.8 Å². The van der Waals surface area contributed by atoms with Crippen molar-refractivity contribution in [1.82, 2.24) is 0 Å². The number of carbonyl (C=O) groups is 2. The van der Waals surface area contributed by atoms with Gasteiger partial charge in [0.05, 0.1) is 0 Å². The highest BCUT2D eigenvalue weighted by molar-refractivity contribution is 5.93. The van der Waals surface area contributed by atoms with Gasteiger partial charge in [-0.05, 0) is 33.6 Å². The number of ether oxygens (including phenoxy) is 1. The van der Waals surface area contributed by atoms with Gasteiger partial charge >= 0.3 is 5.97 Å². The first-order valence-electron chi connectivity index (χ1n) is 4.83. The minimum absolute atomic E-state index is 0.259. The smallest absolute Gasteiger partial charge is 0.334 e. The van der Waals surface area contributed by atoms with Gasteiger partial charge in [0.25, 0.3) is 0 Å². The van der Waals surface area contributed by atoms with Crippen molar-refractivity contribution in [3.8, 4) is 0 Å². The number of hydrogen-bond acceptors (Lipinski definition) is 3. The molecule has 0 bridgehead atoms. The fraction of sp³-hybridized carbons (Fsp3) is 0.636. The summed E-state index contributed by atoms with van der Waals surface area (Å²) < 4.78 is 5.19. The number of carbonyl (C=O) groups excluding carboxylic acids is 2. The van der Waals surface area contributed by atoms with E-state index in [4.69, 9.17) is 4.74 Å². The second kappa shape index (κ2) is 3.95. The summed E-state index contributed by atoms with van der Waals surface area (Å²) in [5, 5.41) is 0. The van der Waals surface area contributed by atoms with Crippen molar-refractivity contribution in [3.05, 3.63) is 11.6 Å². The predicted molar refractivity (Wildman–Crippen MR) is 52.7 cm³/mol. The first kappa shape index (κ1) is 11.0. The topological polar surface area (TPSA) is 43.4 Å². The third-order valence-corrected chi connectivity index (χ3v) is 2.04. The molecule has 1 atom stereocenters. The Kier molecular flexibility index (Phi) is 3.09. The Morgan fingerprint density at radius 3 is 2.71 bits per heavy atom. The van der Waals surface area contributed by atoms with Crippen molar-refractivity contribution < 1.29 is 14.3 Å². The van der Waals surface area contributed by atoms with E-state index in [2.05, 4.69) is 0 Å². The Morgan fingerprint density at radius 2 is 2.21 bits per heavy atom. The maximum atomic E-state index is 11.6. The molecule has 1 aliphatic carbocycles. The van der Waals surface area contributed by atoms with Gasteiger partial charge in [-0.3, -0.25) is 0 Å². The van der Waals surface area contributed by atoms with Gasteiger partial charge in [-0.1, -0.05) is 6.08 Å². The van der Waals surface area contributed by atoms with Crippen LogP contribution in [0.5, 0.6) is 0 Å². The first-order chi connectivity index (χ1) is 6.44. The molecule has 0 aromatic carbocycles. The van der Waals surface area contributed by atoms with Gasteiger partial charge in [0, 0.05) is 11.5 Å². The lowest BCUT2D eigenvalue weighted by Gasteiger charge is -2.20. The van der Waals surface area contributed by atoms with E-state index in [1.54, 1.807) is 6.08 Å². The van der Waals surface area contributed by atoms with Gasteiger partial charge in [-0.15, -0.1) is 0 Å². The monoisotopic (exact) mass is 196 g/mol. The molecule has 0 saturated carbocycles. The molecule has 1 unspecified atom stereocenters. The summed E-state index contributed by atoms with van der Waals surface area (Å²) in [6.07, 6.45) is 4.14. The molecule has 0 fully saturated rings. The van der Waals surface area contributed by atoms with Crippen LogP contribution in [-0.4, -0.2) is 17.9 Å². The maximum Gasteiger partial charge on any atom is 0.334 e. The number of hydrogen-bond donors (Lipinski definition) is 0. The van der Waals surface area contributed by atoms with Crippen LogP contribution < -0.4 is 0 Å². The summed E-state index contributed by atoms with van der Waals surface area (Å²) in [5.41, 5.74) is 0.0310. The molecule has 0 amide bonds. The number of rotatable bonds is 2. The first-order valence-corrected chi connectivity index (χ1v) is 4.83. The van der Waals surface area contributed by atoms with Gasteiger partial charge in [0.1, 0.15) is 11.9 Å². The van der Waals surface area contributed by atoms with E-state index in [1.165, 1.54) is 0 Å². The maximum absolute atomic E-state index is 11.6. The Hall–Kier alpha value is -1.12. The molecule has 0 aliphatic heterocycles. The van der Waals surface area contributed by atoms with E-state index < -0.39 is 5.60 Å². The Balaban J connectivity index is 2.65. The molecule has 1 aliphatic rings. The van der Waals surface area contributed by atoms with Crippen LogP contribution in [0, 0.1) is 5.92 Å². The fourth-order valence-corrected chi connectivity index (χ4v) is 1.44. The van der Waals surface area contributed by atoms with Gasteiger partial charge in [-0.2, -0.15) is 0 Å². The van der Waals surface area contributed by atoms with Crippen molar-refractivity contribution in [2.75, 3.05) is 0 Å². The standard InChI is InChI=1S/C11H16O3/c1-11(2,3)14-10(13)9-6-4-5-8(9)7-12/h6-8H,4-5H2,1-3H3. The molecule has 78 valence electrons. The summed E-state index contributed by atoms with van der Waals surface area (Å²) in [6, 6.07) is 0. The lowest BCUT2D eigenvalue weighted by Crippen LogP contribution is -2.26. The summed E-state index contributed by atoms with van der Waals surface area (Å²) >= 11 is 0. The Morgan fingerprint density at radius 1 is 1.57 bits per heavy atom. The normalized spacial score (nSPS) is 21.6. The predicted octanol–water partition coefficient (Wildman–Crippen LogP) is 1.86. The highest BCUT2D eigenvalue weighted by atomic mass is 16.6. The van der Waals surface area contributed by atoms with Crippen LogP contribution in [0.15, 0.2) is 11.6 Å². The lowest BCUT2D eigenvalue weighted by atomic mass is 10.0. The lowest BCUT2D eigenvalue weighted by molar-refractivity contribution is -0.150. The number of allylic oxidation sites excluding steroid dienone is 1. The van der Waals surface area contributed by atoms with Crippen molar-refractivity contribution in [2.45, 2.75) is 39.2 Å². The largest absolute Gasteiger partial charge is 0.457 e. The highest BCUT2D eigenvalue weighted by Gasteiger charge is 2.28. The fourth-order valence-electron chi connectivity index (χ4n) is 1.44. The third kappa shape index (κ3) is 2.69. The number of esters is 1. The van der Waals surface area contributed by atoms with E-state index in [9.17, 15) is 9.59 Å². The van der Waals surface area contributed by atoms with E-state index in [0.717, 1.165) is 19.1 Å². The van der Waals surface area contributed by atoms with Crippen molar-refractivity contribution in [3.63, 3.8) is 0 Å². The molecule has 0 aromatic rings. The minimum atomic E-state index is -0.492. The average molecular weight is 196 g/mol. The molecule has 3 nitrogen and oxygen atoms in total. The molecule has 0 heterocycles. The quantitative estimate of drug-likeness (QED) is 0.500. The summed E-state index contributed by atoms with van der Waals surface area (Å²) in [7, 11) is 0. The molecular weight excluding hydrogens is 180 g/mol. The Labute approximate surface area is 84.1 Å². The van der Waals surface area contributed by atoms with Crippen molar-refractivity contribution in [2.24, 2.45) is 5.92 Å².